The van der Waals surface area contributed by atoms with E-state index in [4.69, 9.17) is 15.2 Å². The van der Waals surface area contributed by atoms with Crippen molar-refractivity contribution < 1.29 is 89.9 Å². The fraction of sp³-hybridized carbons (Fsp3) is 0.452. The minimum atomic E-state index is -1.49. The number of carboxylic acids is 1. The first-order valence-electron chi connectivity index (χ1n) is 14.3. The van der Waals surface area contributed by atoms with Gasteiger partial charge in [-0.25, -0.2) is 4.79 Å². The summed E-state index contributed by atoms with van der Waals surface area (Å²) in [6.45, 7) is 6.01. The Morgan fingerprint density at radius 1 is 0.977 bits per heavy atom. The molecular formula is C31H39KN4O8. The maximum Gasteiger partial charge on any atom is 1.00 e. The average molecular weight is 635 g/mol. The summed E-state index contributed by atoms with van der Waals surface area (Å²) < 4.78 is 11.0. The first kappa shape index (κ1) is 37.2. The van der Waals surface area contributed by atoms with E-state index in [9.17, 15) is 29.1 Å². The van der Waals surface area contributed by atoms with Gasteiger partial charge in [0.15, 0.2) is 6.61 Å². The summed E-state index contributed by atoms with van der Waals surface area (Å²) >= 11 is 0. The van der Waals surface area contributed by atoms with E-state index in [1.54, 1.807) is 24.3 Å². The van der Waals surface area contributed by atoms with E-state index < -0.39 is 36.0 Å². The summed E-state index contributed by atoms with van der Waals surface area (Å²) in [6.07, 6.45) is 0.576. The number of piperidine rings is 1. The predicted molar refractivity (Wildman–Crippen MR) is 155 cm³/mol. The van der Waals surface area contributed by atoms with Gasteiger partial charge in [-0.3, -0.25) is 14.4 Å². The van der Waals surface area contributed by atoms with Crippen molar-refractivity contribution in [2.75, 3.05) is 19.7 Å². The van der Waals surface area contributed by atoms with E-state index in [-0.39, 0.29) is 94.3 Å². The van der Waals surface area contributed by atoms with Gasteiger partial charge in [-0.1, -0.05) is 44.2 Å². The zero-order chi connectivity index (χ0) is 31.5. The molecule has 0 spiro atoms. The van der Waals surface area contributed by atoms with Gasteiger partial charge in [0.1, 0.15) is 17.5 Å². The predicted octanol–water partition coefficient (Wildman–Crippen LogP) is -1.92. The minimum Gasteiger partial charge on any atom is -0.548 e. The molecule has 3 rings (SSSR count). The number of nitrogens with one attached hydrogen (secondary N) is 2. The Bertz CT molecular complexity index is 1300. The molecule has 13 heteroatoms. The molecule has 0 aliphatic carbocycles. The van der Waals surface area contributed by atoms with Crippen LogP contribution in [0.4, 0.5) is 4.79 Å². The third-order valence-corrected chi connectivity index (χ3v) is 7.14. The van der Waals surface area contributed by atoms with E-state index in [1.165, 1.54) is 17.0 Å². The molecule has 0 radical (unpaired) electrons. The number of carbonyl (C=O) groups excluding carboxylic acids is 5. The maximum atomic E-state index is 13.1. The topological polar surface area (TPSA) is 180 Å². The second-order valence-electron chi connectivity index (χ2n) is 11.1. The second kappa shape index (κ2) is 18.1. The number of amides is 4. The van der Waals surface area contributed by atoms with Crippen LogP contribution in [0.5, 0.6) is 11.5 Å². The zero-order valence-corrected chi connectivity index (χ0v) is 28.8. The van der Waals surface area contributed by atoms with Gasteiger partial charge in [-0.2, -0.15) is 0 Å². The number of nitrogens with zero attached hydrogens (tertiary/aromatic N) is 1. The summed E-state index contributed by atoms with van der Waals surface area (Å²) in [5.74, 6) is -2.46. The Hall–Kier alpha value is -2.97. The minimum absolute atomic E-state index is 0. The number of hydrogen-bond donors (Lipinski definition) is 3. The average Bonchev–Trinajstić information content (AvgIpc) is 2.96. The monoisotopic (exact) mass is 634 g/mol. The molecule has 0 bridgehead atoms. The number of carbonyl (C=O) groups is 5. The largest absolute Gasteiger partial charge is 1.00 e. The number of rotatable bonds is 13. The molecular weight excluding hydrogens is 595 g/mol. The van der Waals surface area contributed by atoms with Gasteiger partial charge >= 0.3 is 57.5 Å². The Kier molecular flexibility index (Phi) is 15.3. The summed E-state index contributed by atoms with van der Waals surface area (Å²) in [7, 11) is 0. The van der Waals surface area contributed by atoms with Gasteiger partial charge < -0.3 is 40.6 Å². The number of aryl methyl sites for hydroxylation is 1. The van der Waals surface area contributed by atoms with Crippen LogP contribution in [0, 0.1) is 18.8 Å². The van der Waals surface area contributed by atoms with Crippen LogP contribution in [-0.2, 0) is 25.6 Å². The third-order valence-electron chi connectivity index (χ3n) is 7.14. The molecule has 4 N–H and O–H groups in total. The van der Waals surface area contributed by atoms with Gasteiger partial charge in [0.05, 0.1) is 12.0 Å². The molecule has 0 saturated carbocycles. The number of benzene rings is 2. The zero-order valence-electron chi connectivity index (χ0n) is 25.7. The van der Waals surface area contributed by atoms with Crippen molar-refractivity contribution in [3.8, 4) is 11.5 Å². The Balaban J connectivity index is 0.00000675. The molecule has 2 atom stereocenters. The number of nitrogens with two attached hydrogens (primary N) is 1. The fourth-order valence-corrected chi connectivity index (χ4v) is 4.71. The van der Waals surface area contributed by atoms with Crippen LogP contribution in [0.15, 0.2) is 48.5 Å². The number of ether oxygens (including phenoxy) is 2. The number of likely N-dealkylation sites (tertiary alicyclic amines) is 1. The van der Waals surface area contributed by atoms with Gasteiger partial charge in [-0.05, 0) is 67.9 Å². The van der Waals surface area contributed by atoms with Crippen LogP contribution in [0.2, 0.25) is 0 Å². The quantitative estimate of drug-likeness (QED) is 0.213. The van der Waals surface area contributed by atoms with E-state index >= 15 is 0 Å². The van der Waals surface area contributed by atoms with Crippen molar-refractivity contribution in [2.24, 2.45) is 17.6 Å². The molecule has 232 valence electrons. The van der Waals surface area contributed by atoms with Gasteiger partial charge in [0, 0.05) is 19.0 Å². The molecule has 1 aliphatic heterocycles. The number of aliphatic carboxylic acids is 1. The number of hydrogen-bond acceptors (Lipinski definition) is 8. The molecule has 12 nitrogen and oxygen atoms in total. The van der Waals surface area contributed by atoms with Crippen LogP contribution in [-0.4, -0.2) is 66.5 Å². The standard InChI is InChI=1S/C31H40N4O8.K/c1-19(2)16-24(33-27(36)18-42-26-7-5-4-6-20(26)3)29(38)34-25(30(39)40)17-21-8-10-23(11-9-21)43-31(41)35-14-12-22(13-15-35)28(32)37;/h4-11,19,22,24-25H,12-18H2,1-3H3,(H2,32,37)(H,33,36)(H,34,38)(H,39,40);/q;+1/p-1/t24?,25-;/m0./s1. The molecule has 1 aliphatic rings. The fourth-order valence-electron chi connectivity index (χ4n) is 4.71. The molecule has 1 heterocycles. The Morgan fingerprint density at radius 3 is 2.18 bits per heavy atom. The smallest absolute Gasteiger partial charge is 0.548 e. The first-order chi connectivity index (χ1) is 20.4. The van der Waals surface area contributed by atoms with Crippen molar-refractivity contribution >= 4 is 29.8 Å². The Labute approximate surface area is 299 Å². The molecule has 1 fully saturated rings. The summed E-state index contributed by atoms with van der Waals surface area (Å²) in [5, 5.41) is 17.0. The van der Waals surface area contributed by atoms with Crippen LogP contribution < -0.4 is 82.3 Å². The second-order valence-corrected chi connectivity index (χ2v) is 11.1. The van der Waals surface area contributed by atoms with Gasteiger partial charge in [-0.15, -0.1) is 0 Å². The van der Waals surface area contributed by atoms with Crippen molar-refractivity contribution in [2.45, 2.75) is 58.5 Å². The van der Waals surface area contributed by atoms with Crippen molar-refractivity contribution in [3.63, 3.8) is 0 Å². The van der Waals surface area contributed by atoms with Crippen LogP contribution in [0.25, 0.3) is 0 Å². The van der Waals surface area contributed by atoms with Gasteiger partial charge in [0.2, 0.25) is 11.8 Å². The molecule has 1 unspecified atom stereocenters. The number of para-hydroxylation sites is 1. The molecule has 2 aromatic rings. The van der Waals surface area contributed by atoms with E-state index in [2.05, 4.69) is 10.6 Å². The van der Waals surface area contributed by atoms with Crippen molar-refractivity contribution in [1.82, 2.24) is 15.5 Å². The molecule has 1 saturated heterocycles. The van der Waals surface area contributed by atoms with Crippen molar-refractivity contribution in [1.29, 1.82) is 0 Å². The summed E-state index contributed by atoms with van der Waals surface area (Å²) in [5.41, 5.74) is 6.74. The first-order valence-corrected chi connectivity index (χ1v) is 14.3. The van der Waals surface area contributed by atoms with Crippen LogP contribution >= 0.6 is 0 Å². The molecule has 44 heavy (non-hydrogen) atoms. The van der Waals surface area contributed by atoms with E-state index in [0.717, 1.165) is 5.56 Å². The normalized spacial score (nSPS) is 14.5. The Morgan fingerprint density at radius 2 is 1.61 bits per heavy atom. The maximum absolute atomic E-state index is 13.1. The molecule has 2 aromatic carbocycles. The number of primary amides is 1. The van der Waals surface area contributed by atoms with Gasteiger partial charge in [0.25, 0.3) is 5.91 Å². The van der Waals surface area contributed by atoms with Crippen molar-refractivity contribution in [3.05, 3.63) is 59.7 Å². The summed E-state index contributed by atoms with van der Waals surface area (Å²) in [6, 6.07) is 11.1. The SMILES string of the molecule is Cc1ccccc1OCC(=O)NC(CC(C)C)C(=O)N[C@@H](Cc1ccc(OC(=O)N2CCC(C(N)=O)CC2)cc1)C(=O)[O-].[K+]. The molecule has 4 amide bonds. The van der Waals surface area contributed by atoms with Crippen LogP contribution in [0.3, 0.4) is 0 Å². The van der Waals surface area contributed by atoms with E-state index in [0.29, 0.717) is 37.2 Å². The number of carboxylic acid groups (broad SMARTS) is 1. The van der Waals surface area contributed by atoms with E-state index in [1.807, 2.05) is 32.9 Å². The summed E-state index contributed by atoms with van der Waals surface area (Å²) in [4.78, 5) is 62.9. The third kappa shape index (κ3) is 11.8. The molecule has 0 aromatic heterocycles. The van der Waals surface area contributed by atoms with Crippen LogP contribution in [0.1, 0.15) is 44.2 Å².